The lowest BCUT2D eigenvalue weighted by atomic mass is 10.0. The van der Waals surface area contributed by atoms with Crippen LogP contribution in [0, 0.1) is 0 Å². The SMILES string of the molecule is CCCNc1c(NC(Cc2ccc(NC(=O)c3ccccc3C(=O)OC)cc2)C(=O)O)c(=O)c1=O. The lowest BCUT2D eigenvalue weighted by Crippen LogP contribution is -2.42. The second-order valence-electron chi connectivity index (χ2n) is 7.76. The molecule has 0 bridgehead atoms. The Labute approximate surface area is 200 Å². The van der Waals surface area contributed by atoms with Gasteiger partial charge in [0.1, 0.15) is 17.4 Å². The Hall–Kier alpha value is -4.47. The Balaban J connectivity index is 1.70. The van der Waals surface area contributed by atoms with Gasteiger partial charge in [0, 0.05) is 18.7 Å². The van der Waals surface area contributed by atoms with E-state index in [9.17, 15) is 29.1 Å². The number of rotatable bonds is 11. The van der Waals surface area contributed by atoms with E-state index < -0.39 is 34.7 Å². The molecule has 3 aromatic rings. The highest BCUT2D eigenvalue weighted by atomic mass is 16.5. The van der Waals surface area contributed by atoms with Gasteiger partial charge in [-0.1, -0.05) is 31.2 Å². The molecule has 0 spiro atoms. The van der Waals surface area contributed by atoms with Crippen molar-refractivity contribution in [1.82, 2.24) is 0 Å². The number of carboxylic acid groups (broad SMARTS) is 1. The average Bonchev–Trinajstić information content (AvgIpc) is 2.87. The van der Waals surface area contributed by atoms with Gasteiger partial charge in [-0.25, -0.2) is 9.59 Å². The molecule has 35 heavy (non-hydrogen) atoms. The molecule has 0 radical (unpaired) electrons. The van der Waals surface area contributed by atoms with Crippen LogP contribution in [-0.4, -0.2) is 42.6 Å². The summed E-state index contributed by atoms with van der Waals surface area (Å²) in [7, 11) is 1.23. The molecule has 4 N–H and O–H groups in total. The molecule has 0 aliphatic carbocycles. The summed E-state index contributed by atoms with van der Waals surface area (Å²) in [6.07, 6.45) is 0.762. The molecule has 0 aliphatic rings. The highest BCUT2D eigenvalue weighted by Crippen LogP contribution is 2.19. The number of ether oxygens (including phenoxy) is 1. The van der Waals surface area contributed by atoms with Crippen molar-refractivity contribution in [2.75, 3.05) is 29.6 Å². The van der Waals surface area contributed by atoms with Gasteiger partial charge in [0.2, 0.25) is 0 Å². The van der Waals surface area contributed by atoms with E-state index >= 15 is 0 Å². The fourth-order valence-corrected chi connectivity index (χ4v) is 3.45. The first-order valence-corrected chi connectivity index (χ1v) is 10.9. The van der Waals surface area contributed by atoms with Crippen molar-refractivity contribution in [2.24, 2.45) is 0 Å². The molecule has 3 rings (SSSR count). The summed E-state index contributed by atoms with van der Waals surface area (Å²) in [6.45, 7) is 2.38. The van der Waals surface area contributed by atoms with Gasteiger partial charge < -0.3 is 25.8 Å². The highest BCUT2D eigenvalue weighted by Gasteiger charge is 2.26. The molecule has 1 unspecified atom stereocenters. The average molecular weight is 479 g/mol. The van der Waals surface area contributed by atoms with Crippen molar-refractivity contribution in [3.8, 4) is 0 Å². The Morgan fingerprint density at radius 2 is 1.57 bits per heavy atom. The molecule has 0 aliphatic heterocycles. The summed E-state index contributed by atoms with van der Waals surface area (Å²) in [4.78, 5) is 60.0. The number of carbonyl (C=O) groups excluding carboxylic acids is 2. The maximum atomic E-state index is 12.7. The monoisotopic (exact) mass is 479 g/mol. The van der Waals surface area contributed by atoms with Crippen LogP contribution in [0.4, 0.5) is 17.1 Å². The van der Waals surface area contributed by atoms with Gasteiger partial charge in [-0.05, 0) is 36.2 Å². The van der Waals surface area contributed by atoms with Gasteiger partial charge in [0.05, 0.1) is 18.2 Å². The number of carboxylic acids is 1. The van der Waals surface area contributed by atoms with Gasteiger partial charge >= 0.3 is 11.9 Å². The van der Waals surface area contributed by atoms with Crippen LogP contribution in [0.1, 0.15) is 39.6 Å². The number of hydrogen-bond acceptors (Lipinski definition) is 8. The molecule has 0 saturated carbocycles. The lowest BCUT2D eigenvalue weighted by molar-refractivity contribution is -0.137. The molecule has 0 fully saturated rings. The van der Waals surface area contributed by atoms with Crippen molar-refractivity contribution in [1.29, 1.82) is 0 Å². The van der Waals surface area contributed by atoms with Crippen LogP contribution in [-0.2, 0) is 16.0 Å². The molecule has 1 atom stereocenters. The molecule has 0 heterocycles. The first-order valence-electron chi connectivity index (χ1n) is 10.9. The van der Waals surface area contributed by atoms with E-state index in [0.717, 1.165) is 6.42 Å². The molecular formula is C25H25N3O7. The van der Waals surface area contributed by atoms with Crippen LogP contribution in [0.25, 0.3) is 0 Å². The first kappa shape index (κ1) is 25.2. The molecular weight excluding hydrogens is 454 g/mol. The number of amides is 1. The lowest BCUT2D eigenvalue weighted by Gasteiger charge is -2.20. The van der Waals surface area contributed by atoms with E-state index in [2.05, 4.69) is 16.0 Å². The van der Waals surface area contributed by atoms with Gasteiger partial charge in [0.25, 0.3) is 16.8 Å². The van der Waals surface area contributed by atoms with Crippen molar-refractivity contribution in [3.05, 3.63) is 85.7 Å². The third-order valence-electron chi connectivity index (χ3n) is 5.31. The number of esters is 1. The molecule has 0 saturated heterocycles. The number of methoxy groups -OCH3 is 1. The Bertz CT molecular complexity index is 1310. The van der Waals surface area contributed by atoms with E-state index in [0.29, 0.717) is 17.8 Å². The van der Waals surface area contributed by atoms with Crippen molar-refractivity contribution in [3.63, 3.8) is 0 Å². The van der Waals surface area contributed by atoms with Crippen molar-refractivity contribution < 1.29 is 24.2 Å². The quantitative estimate of drug-likeness (QED) is 0.240. The maximum absolute atomic E-state index is 12.7. The summed E-state index contributed by atoms with van der Waals surface area (Å²) >= 11 is 0. The Morgan fingerprint density at radius 1 is 0.943 bits per heavy atom. The fourth-order valence-electron chi connectivity index (χ4n) is 3.45. The first-order chi connectivity index (χ1) is 16.8. The summed E-state index contributed by atoms with van der Waals surface area (Å²) in [5.74, 6) is -2.32. The van der Waals surface area contributed by atoms with Crippen LogP contribution < -0.4 is 26.8 Å². The van der Waals surface area contributed by atoms with E-state index in [1.54, 1.807) is 36.4 Å². The predicted molar refractivity (Wildman–Crippen MR) is 131 cm³/mol. The topological polar surface area (TPSA) is 151 Å². The van der Waals surface area contributed by atoms with E-state index in [4.69, 9.17) is 4.74 Å². The summed E-state index contributed by atoms with van der Waals surface area (Å²) in [5, 5.41) is 17.8. The zero-order valence-corrected chi connectivity index (χ0v) is 19.2. The van der Waals surface area contributed by atoms with Crippen LogP contribution in [0.15, 0.2) is 58.1 Å². The number of aliphatic carboxylic acids is 1. The number of hydrogen-bond donors (Lipinski definition) is 4. The minimum atomic E-state index is -1.18. The normalized spacial score (nSPS) is 11.5. The molecule has 3 aromatic carbocycles. The largest absolute Gasteiger partial charge is 0.480 e. The zero-order valence-electron chi connectivity index (χ0n) is 19.2. The summed E-state index contributed by atoms with van der Waals surface area (Å²) in [5.41, 5.74) is 0.00701. The summed E-state index contributed by atoms with van der Waals surface area (Å²) < 4.78 is 4.71. The third-order valence-corrected chi connectivity index (χ3v) is 5.31. The highest BCUT2D eigenvalue weighted by molar-refractivity contribution is 6.11. The minimum Gasteiger partial charge on any atom is -0.480 e. The van der Waals surface area contributed by atoms with Crippen LogP contribution in [0.3, 0.4) is 0 Å². The van der Waals surface area contributed by atoms with Crippen molar-refractivity contribution >= 4 is 34.9 Å². The third kappa shape index (κ3) is 5.72. The molecule has 10 heteroatoms. The van der Waals surface area contributed by atoms with Crippen LogP contribution in [0.2, 0.25) is 0 Å². The number of benzene rings is 2. The Morgan fingerprint density at radius 3 is 2.17 bits per heavy atom. The number of nitrogens with one attached hydrogen (secondary N) is 3. The van der Waals surface area contributed by atoms with Crippen LogP contribution >= 0.6 is 0 Å². The van der Waals surface area contributed by atoms with Gasteiger partial charge in [-0.2, -0.15) is 0 Å². The minimum absolute atomic E-state index is 0.0241. The van der Waals surface area contributed by atoms with Crippen LogP contribution in [0.5, 0.6) is 0 Å². The van der Waals surface area contributed by atoms with Gasteiger partial charge in [-0.3, -0.25) is 14.4 Å². The smallest absolute Gasteiger partial charge is 0.338 e. The zero-order chi connectivity index (χ0) is 25.5. The number of anilines is 3. The molecule has 0 aromatic heterocycles. The Kier molecular flexibility index (Phi) is 7.98. The van der Waals surface area contributed by atoms with E-state index in [-0.39, 0.29) is 28.9 Å². The second kappa shape index (κ2) is 11.1. The fraction of sp³-hybridized carbons (Fsp3) is 0.240. The van der Waals surface area contributed by atoms with Gasteiger partial charge in [-0.15, -0.1) is 0 Å². The summed E-state index contributed by atoms with van der Waals surface area (Å²) in [6, 6.07) is 11.6. The van der Waals surface area contributed by atoms with Gasteiger partial charge in [0.15, 0.2) is 0 Å². The molecule has 182 valence electrons. The van der Waals surface area contributed by atoms with E-state index in [1.165, 1.54) is 19.2 Å². The van der Waals surface area contributed by atoms with E-state index in [1.807, 2.05) is 6.92 Å². The standard InChI is InChI=1S/C25H25N3O7/c1-3-12-26-19-20(22(30)21(19)29)28-18(24(32)33)13-14-8-10-15(11-9-14)27-23(31)16-6-4-5-7-17(16)25(34)35-2/h4-11,18,26,28H,3,12-13H2,1-2H3,(H,27,31)(H,32,33). The van der Waals surface area contributed by atoms with Crippen molar-refractivity contribution in [2.45, 2.75) is 25.8 Å². The number of carbonyl (C=O) groups is 3. The predicted octanol–water partition coefficient (Wildman–Crippen LogP) is 2.25. The molecule has 1 amide bonds. The maximum Gasteiger partial charge on any atom is 0.338 e. The molecule has 10 nitrogen and oxygen atoms in total. The second-order valence-corrected chi connectivity index (χ2v) is 7.76.